The molecule has 5 rings (SSSR count). The van der Waals surface area contributed by atoms with E-state index in [1.807, 2.05) is 0 Å². The zero-order valence-corrected chi connectivity index (χ0v) is 14.7. The molecule has 5 aliphatic rings. The fourth-order valence-electron chi connectivity index (χ4n) is 6.51. The first kappa shape index (κ1) is 15.3. The van der Waals surface area contributed by atoms with Gasteiger partial charge in [0.15, 0.2) is 5.79 Å². The third-order valence-electron chi connectivity index (χ3n) is 7.73. The number of hydrogen-bond acceptors (Lipinski definition) is 3. The van der Waals surface area contributed by atoms with E-state index in [-0.39, 0.29) is 11.2 Å². The lowest BCUT2D eigenvalue weighted by Crippen LogP contribution is -2.42. The number of ether oxygens (including phenoxy) is 2. The molecule has 3 heteroatoms. The highest BCUT2D eigenvalue weighted by molar-refractivity contribution is 5.88. The molecule has 1 heterocycles. The second-order valence-electron chi connectivity index (χ2n) is 8.45. The molecule has 4 aliphatic carbocycles. The summed E-state index contributed by atoms with van der Waals surface area (Å²) in [6.45, 7) is 3.72. The molecule has 1 saturated heterocycles. The van der Waals surface area contributed by atoms with Gasteiger partial charge in [-0.3, -0.25) is 4.79 Å². The summed E-state index contributed by atoms with van der Waals surface area (Å²) in [7, 11) is 0. The highest BCUT2D eigenvalue weighted by Crippen LogP contribution is 2.59. The van der Waals surface area contributed by atoms with E-state index in [9.17, 15) is 4.79 Å². The SMILES string of the molecule is CCC12CC=C3C4=C(CC[C@H]3[C@@H]1CCC2=O)CC1(CC4)OCCO1. The van der Waals surface area contributed by atoms with Crippen LogP contribution < -0.4 is 0 Å². The summed E-state index contributed by atoms with van der Waals surface area (Å²) in [5.74, 6) is 1.46. The van der Waals surface area contributed by atoms with Crippen molar-refractivity contribution >= 4 is 5.78 Å². The number of hydrogen-bond donors (Lipinski definition) is 0. The number of carbonyl (C=O) groups excluding carboxylic acids is 1. The Morgan fingerprint density at radius 3 is 2.79 bits per heavy atom. The van der Waals surface area contributed by atoms with Gasteiger partial charge in [-0.05, 0) is 61.5 Å². The summed E-state index contributed by atoms with van der Waals surface area (Å²) in [6, 6.07) is 0. The zero-order chi connectivity index (χ0) is 16.4. The first-order valence-corrected chi connectivity index (χ1v) is 9.90. The van der Waals surface area contributed by atoms with Crippen LogP contribution in [0, 0.1) is 17.3 Å². The smallest absolute Gasteiger partial charge is 0.172 e. The van der Waals surface area contributed by atoms with E-state index in [2.05, 4.69) is 13.0 Å². The van der Waals surface area contributed by atoms with Crippen LogP contribution in [-0.4, -0.2) is 24.8 Å². The summed E-state index contributed by atoms with van der Waals surface area (Å²) >= 11 is 0. The fraction of sp³-hybridized carbons (Fsp3) is 0.762. The molecule has 1 spiro atoms. The van der Waals surface area contributed by atoms with Crippen molar-refractivity contribution in [3.63, 3.8) is 0 Å². The molecule has 2 fully saturated rings. The molecule has 3 nitrogen and oxygen atoms in total. The van der Waals surface area contributed by atoms with Crippen molar-refractivity contribution < 1.29 is 14.3 Å². The van der Waals surface area contributed by atoms with Gasteiger partial charge in [-0.15, -0.1) is 0 Å². The minimum atomic E-state index is -0.308. The number of rotatable bonds is 1. The molecule has 0 N–H and O–H groups in total. The Hall–Kier alpha value is -0.930. The highest BCUT2D eigenvalue weighted by Gasteiger charge is 2.54. The van der Waals surface area contributed by atoms with E-state index >= 15 is 0 Å². The lowest BCUT2D eigenvalue weighted by molar-refractivity contribution is -0.164. The van der Waals surface area contributed by atoms with E-state index in [1.165, 1.54) is 12.8 Å². The first-order chi connectivity index (χ1) is 11.7. The zero-order valence-electron chi connectivity index (χ0n) is 14.7. The minimum Gasteiger partial charge on any atom is -0.347 e. The van der Waals surface area contributed by atoms with Crippen molar-refractivity contribution in [1.29, 1.82) is 0 Å². The van der Waals surface area contributed by atoms with Crippen LogP contribution in [0.15, 0.2) is 22.8 Å². The Morgan fingerprint density at radius 2 is 2.00 bits per heavy atom. The predicted molar refractivity (Wildman–Crippen MR) is 91.4 cm³/mol. The molecule has 3 atom stereocenters. The van der Waals surface area contributed by atoms with Crippen molar-refractivity contribution in [2.75, 3.05) is 13.2 Å². The molecule has 0 aromatic heterocycles. The molecule has 0 aromatic carbocycles. The van der Waals surface area contributed by atoms with E-state index in [4.69, 9.17) is 9.47 Å². The van der Waals surface area contributed by atoms with Gasteiger partial charge in [-0.2, -0.15) is 0 Å². The maximum Gasteiger partial charge on any atom is 0.172 e. The van der Waals surface area contributed by atoms with Crippen LogP contribution in [0.3, 0.4) is 0 Å². The summed E-state index contributed by atoms with van der Waals surface area (Å²) in [6.07, 6.45) is 11.8. The van der Waals surface area contributed by atoms with E-state index in [0.717, 1.165) is 58.2 Å². The Labute approximate surface area is 144 Å². The molecule has 1 unspecified atom stereocenters. The minimum absolute atomic E-state index is 0.0280. The normalized spacial score (nSPS) is 40.4. The summed E-state index contributed by atoms with van der Waals surface area (Å²) < 4.78 is 11.9. The van der Waals surface area contributed by atoms with Crippen LogP contribution >= 0.6 is 0 Å². The third kappa shape index (κ3) is 1.94. The van der Waals surface area contributed by atoms with Gasteiger partial charge in [0.1, 0.15) is 5.78 Å². The van der Waals surface area contributed by atoms with Gasteiger partial charge in [-0.25, -0.2) is 0 Å². The lowest BCUT2D eigenvalue weighted by Gasteiger charge is -2.47. The van der Waals surface area contributed by atoms with Gasteiger partial charge in [-0.1, -0.05) is 18.6 Å². The Balaban J connectivity index is 1.49. The Morgan fingerprint density at radius 1 is 1.17 bits per heavy atom. The quantitative estimate of drug-likeness (QED) is 0.719. The van der Waals surface area contributed by atoms with Crippen molar-refractivity contribution in [3.8, 4) is 0 Å². The molecule has 0 radical (unpaired) electrons. The van der Waals surface area contributed by atoms with Gasteiger partial charge in [0, 0.05) is 24.7 Å². The summed E-state index contributed by atoms with van der Waals surface area (Å²) in [5.41, 5.74) is 4.77. The average molecular weight is 328 g/mol. The first-order valence-electron chi connectivity index (χ1n) is 9.90. The number of fused-ring (bicyclic) bond motifs is 4. The maximum absolute atomic E-state index is 12.6. The Bertz CT molecular complexity index is 637. The monoisotopic (exact) mass is 328 g/mol. The van der Waals surface area contributed by atoms with E-state index in [0.29, 0.717) is 17.6 Å². The van der Waals surface area contributed by atoms with Crippen molar-refractivity contribution in [2.45, 2.75) is 70.5 Å². The molecule has 0 amide bonds. The number of Topliss-reactive ketones (excluding diaryl/α,β-unsaturated/α-hetero) is 1. The average Bonchev–Trinajstić information content (AvgIpc) is 3.19. The van der Waals surface area contributed by atoms with Crippen LogP contribution in [0.2, 0.25) is 0 Å². The highest BCUT2D eigenvalue weighted by atomic mass is 16.7. The molecular formula is C21H28O3. The van der Waals surface area contributed by atoms with Crippen LogP contribution in [0.4, 0.5) is 0 Å². The number of carbonyl (C=O) groups is 1. The predicted octanol–water partition coefficient (Wildman–Crippen LogP) is 4.33. The van der Waals surface area contributed by atoms with Crippen LogP contribution in [0.25, 0.3) is 0 Å². The van der Waals surface area contributed by atoms with Gasteiger partial charge in [0.25, 0.3) is 0 Å². The lowest BCUT2D eigenvalue weighted by atomic mass is 9.57. The molecule has 1 aliphatic heterocycles. The molecule has 24 heavy (non-hydrogen) atoms. The van der Waals surface area contributed by atoms with Crippen molar-refractivity contribution in [2.24, 2.45) is 17.3 Å². The Kier molecular flexibility index (Phi) is 3.37. The van der Waals surface area contributed by atoms with E-state index < -0.39 is 0 Å². The number of allylic oxidation sites excluding steroid dienone is 3. The van der Waals surface area contributed by atoms with Crippen LogP contribution in [0.5, 0.6) is 0 Å². The van der Waals surface area contributed by atoms with E-state index in [1.54, 1.807) is 16.7 Å². The molecular weight excluding hydrogens is 300 g/mol. The molecule has 1 saturated carbocycles. The topological polar surface area (TPSA) is 35.5 Å². The van der Waals surface area contributed by atoms with Crippen LogP contribution in [-0.2, 0) is 14.3 Å². The van der Waals surface area contributed by atoms with Crippen molar-refractivity contribution in [3.05, 3.63) is 22.8 Å². The van der Waals surface area contributed by atoms with Gasteiger partial charge >= 0.3 is 0 Å². The summed E-state index contributed by atoms with van der Waals surface area (Å²) in [5, 5.41) is 0. The maximum atomic E-state index is 12.6. The molecule has 0 bridgehead atoms. The van der Waals surface area contributed by atoms with Gasteiger partial charge < -0.3 is 9.47 Å². The summed E-state index contributed by atoms with van der Waals surface area (Å²) in [4.78, 5) is 12.6. The third-order valence-corrected chi connectivity index (χ3v) is 7.73. The molecule has 130 valence electrons. The molecule has 0 aromatic rings. The van der Waals surface area contributed by atoms with Gasteiger partial charge in [0.05, 0.1) is 13.2 Å². The largest absolute Gasteiger partial charge is 0.347 e. The standard InChI is InChI=1S/C21H28O3/c1-2-20-9-7-16-15-8-10-21(23-11-12-24-21)13-14(15)3-4-17(16)18(20)5-6-19(20)22/h7,17-18H,2-6,8-13H2,1H3/t17-,18+,20?/m1/s1. The van der Waals surface area contributed by atoms with Gasteiger partial charge in [0.2, 0.25) is 0 Å². The van der Waals surface area contributed by atoms with Crippen molar-refractivity contribution in [1.82, 2.24) is 0 Å². The second-order valence-corrected chi connectivity index (χ2v) is 8.45. The number of ketones is 1. The van der Waals surface area contributed by atoms with Crippen LogP contribution in [0.1, 0.15) is 64.7 Å². The second kappa shape index (κ2) is 5.28. The fourth-order valence-corrected chi connectivity index (χ4v) is 6.51.